The Hall–Kier alpha value is -1.89. The standard InChI is InChI=1S/C16H17N3/c1-4-14(15-6-2-8-18-16(15)7-1)5-3-11-19-12-9-17-10-13-19/h1-2,4,6-8,17H,9-13H2. The summed E-state index contributed by atoms with van der Waals surface area (Å²) in [4.78, 5) is 6.74. The molecule has 0 spiro atoms. The van der Waals surface area contributed by atoms with E-state index in [4.69, 9.17) is 0 Å². The number of benzene rings is 1. The van der Waals surface area contributed by atoms with Gasteiger partial charge in [0, 0.05) is 43.3 Å². The molecule has 1 fully saturated rings. The van der Waals surface area contributed by atoms with E-state index in [0.717, 1.165) is 49.2 Å². The lowest BCUT2D eigenvalue weighted by Crippen LogP contribution is -2.43. The number of nitrogens with zero attached hydrogens (tertiary/aromatic N) is 2. The van der Waals surface area contributed by atoms with Crippen LogP contribution in [0.2, 0.25) is 0 Å². The largest absolute Gasteiger partial charge is 0.314 e. The lowest BCUT2D eigenvalue weighted by molar-refractivity contribution is 0.268. The Morgan fingerprint density at radius 3 is 2.95 bits per heavy atom. The Balaban J connectivity index is 1.78. The predicted molar refractivity (Wildman–Crippen MR) is 77.9 cm³/mol. The quantitative estimate of drug-likeness (QED) is 0.778. The van der Waals surface area contributed by atoms with E-state index >= 15 is 0 Å². The summed E-state index contributed by atoms with van der Waals surface area (Å²) in [5, 5.41) is 4.49. The molecule has 2 aromatic rings. The van der Waals surface area contributed by atoms with Crippen LogP contribution in [0, 0.1) is 11.8 Å². The summed E-state index contributed by atoms with van der Waals surface area (Å²) in [6, 6.07) is 10.1. The van der Waals surface area contributed by atoms with Crippen LogP contribution in [0.3, 0.4) is 0 Å². The molecule has 2 heterocycles. The second-order valence-electron chi connectivity index (χ2n) is 4.70. The average molecular weight is 251 g/mol. The van der Waals surface area contributed by atoms with E-state index in [1.165, 1.54) is 0 Å². The fourth-order valence-electron chi connectivity index (χ4n) is 2.33. The molecule has 0 atom stereocenters. The Morgan fingerprint density at radius 1 is 1.16 bits per heavy atom. The number of rotatable bonds is 1. The van der Waals surface area contributed by atoms with Crippen molar-refractivity contribution in [3.05, 3.63) is 42.1 Å². The van der Waals surface area contributed by atoms with Crippen molar-refractivity contribution in [2.45, 2.75) is 0 Å². The summed E-state index contributed by atoms with van der Waals surface area (Å²) in [5.74, 6) is 6.57. The SMILES string of the molecule is C(#Cc1cccc2ncccc12)CN1CCNCC1. The van der Waals surface area contributed by atoms with Gasteiger partial charge in [-0.2, -0.15) is 0 Å². The van der Waals surface area contributed by atoms with E-state index in [2.05, 4.69) is 39.2 Å². The van der Waals surface area contributed by atoms with E-state index in [1.54, 1.807) is 0 Å². The third-order valence-corrected chi connectivity index (χ3v) is 3.38. The fourth-order valence-corrected chi connectivity index (χ4v) is 2.33. The molecule has 3 heteroatoms. The molecule has 3 rings (SSSR count). The van der Waals surface area contributed by atoms with Crippen molar-refractivity contribution in [2.24, 2.45) is 0 Å². The molecule has 0 saturated carbocycles. The van der Waals surface area contributed by atoms with Crippen molar-refractivity contribution in [3.63, 3.8) is 0 Å². The van der Waals surface area contributed by atoms with Gasteiger partial charge in [-0.1, -0.05) is 24.0 Å². The van der Waals surface area contributed by atoms with Gasteiger partial charge in [-0.15, -0.1) is 0 Å². The van der Waals surface area contributed by atoms with Gasteiger partial charge < -0.3 is 5.32 Å². The first-order chi connectivity index (χ1) is 9.43. The Bertz CT molecular complexity index is 613. The molecule has 1 N–H and O–H groups in total. The van der Waals surface area contributed by atoms with Crippen LogP contribution in [0.1, 0.15) is 5.56 Å². The summed E-state index contributed by atoms with van der Waals surface area (Å²) in [6.07, 6.45) is 1.82. The van der Waals surface area contributed by atoms with Gasteiger partial charge in [0.15, 0.2) is 0 Å². The molecule has 0 aliphatic carbocycles. The van der Waals surface area contributed by atoms with Crippen LogP contribution in [0.15, 0.2) is 36.5 Å². The summed E-state index contributed by atoms with van der Waals surface area (Å²) < 4.78 is 0. The van der Waals surface area contributed by atoms with Crippen LogP contribution in [-0.4, -0.2) is 42.6 Å². The summed E-state index contributed by atoms with van der Waals surface area (Å²) >= 11 is 0. The highest BCUT2D eigenvalue weighted by Crippen LogP contribution is 2.14. The summed E-state index contributed by atoms with van der Waals surface area (Å²) in [5.41, 5.74) is 2.08. The first kappa shape index (κ1) is 12.2. The van der Waals surface area contributed by atoms with E-state index in [0.29, 0.717) is 0 Å². The zero-order valence-electron chi connectivity index (χ0n) is 10.9. The number of piperazine rings is 1. The van der Waals surface area contributed by atoms with Crippen LogP contribution in [0.4, 0.5) is 0 Å². The summed E-state index contributed by atoms with van der Waals surface area (Å²) in [6.45, 7) is 5.16. The second-order valence-corrected chi connectivity index (χ2v) is 4.70. The molecule has 1 aliphatic heterocycles. The smallest absolute Gasteiger partial charge is 0.0714 e. The zero-order valence-corrected chi connectivity index (χ0v) is 10.9. The monoisotopic (exact) mass is 251 g/mol. The summed E-state index contributed by atoms with van der Waals surface area (Å²) in [7, 11) is 0. The van der Waals surface area contributed by atoms with Gasteiger partial charge in [-0.05, 0) is 18.2 Å². The molecule has 0 amide bonds. The first-order valence-corrected chi connectivity index (χ1v) is 6.69. The van der Waals surface area contributed by atoms with Crippen LogP contribution >= 0.6 is 0 Å². The van der Waals surface area contributed by atoms with E-state index in [-0.39, 0.29) is 0 Å². The molecule has 1 aromatic heterocycles. The lowest BCUT2D eigenvalue weighted by Gasteiger charge is -2.24. The van der Waals surface area contributed by atoms with E-state index < -0.39 is 0 Å². The highest BCUT2D eigenvalue weighted by molar-refractivity contribution is 5.84. The van der Waals surface area contributed by atoms with Gasteiger partial charge in [0.25, 0.3) is 0 Å². The molecule has 1 aliphatic rings. The van der Waals surface area contributed by atoms with Gasteiger partial charge in [-0.3, -0.25) is 9.88 Å². The first-order valence-electron chi connectivity index (χ1n) is 6.69. The molecular formula is C16H17N3. The Labute approximate surface area is 113 Å². The average Bonchev–Trinajstić information content (AvgIpc) is 2.49. The normalized spacial score (nSPS) is 16.0. The molecule has 0 radical (unpaired) electrons. The highest BCUT2D eigenvalue weighted by atomic mass is 15.2. The van der Waals surface area contributed by atoms with Crippen LogP contribution in [-0.2, 0) is 0 Å². The van der Waals surface area contributed by atoms with Crippen LogP contribution in [0.25, 0.3) is 10.9 Å². The lowest BCUT2D eigenvalue weighted by atomic mass is 10.1. The molecular weight excluding hydrogens is 234 g/mol. The molecule has 19 heavy (non-hydrogen) atoms. The van der Waals surface area contributed by atoms with Crippen molar-refractivity contribution >= 4 is 10.9 Å². The third kappa shape index (κ3) is 2.93. The number of hydrogen-bond donors (Lipinski definition) is 1. The number of aromatic nitrogens is 1. The maximum Gasteiger partial charge on any atom is 0.0714 e. The maximum absolute atomic E-state index is 4.35. The van der Waals surface area contributed by atoms with Gasteiger partial charge in [0.1, 0.15) is 0 Å². The predicted octanol–water partition coefficient (Wildman–Crippen LogP) is 1.49. The number of fused-ring (bicyclic) bond motifs is 1. The maximum atomic E-state index is 4.35. The van der Waals surface area contributed by atoms with E-state index in [9.17, 15) is 0 Å². The molecule has 0 unspecified atom stereocenters. The molecule has 1 aromatic carbocycles. The van der Waals surface area contributed by atoms with Gasteiger partial charge in [-0.25, -0.2) is 0 Å². The molecule has 1 saturated heterocycles. The number of hydrogen-bond acceptors (Lipinski definition) is 3. The van der Waals surface area contributed by atoms with Crippen molar-refractivity contribution in [1.82, 2.24) is 15.2 Å². The zero-order chi connectivity index (χ0) is 12.9. The van der Waals surface area contributed by atoms with E-state index in [1.807, 2.05) is 24.4 Å². The molecule has 96 valence electrons. The number of nitrogens with one attached hydrogen (secondary N) is 1. The van der Waals surface area contributed by atoms with Crippen molar-refractivity contribution in [3.8, 4) is 11.8 Å². The Kier molecular flexibility index (Phi) is 3.73. The molecule has 0 bridgehead atoms. The van der Waals surface area contributed by atoms with Crippen molar-refractivity contribution in [1.29, 1.82) is 0 Å². The van der Waals surface area contributed by atoms with Gasteiger partial charge in [0.2, 0.25) is 0 Å². The van der Waals surface area contributed by atoms with Crippen LogP contribution in [0.5, 0.6) is 0 Å². The number of pyridine rings is 1. The van der Waals surface area contributed by atoms with Crippen LogP contribution < -0.4 is 5.32 Å². The molecule has 3 nitrogen and oxygen atoms in total. The Morgan fingerprint density at radius 2 is 2.05 bits per heavy atom. The topological polar surface area (TPSA) is 28.2 Å². The third-order valence-electron chi connectivity index (χ3n) is 3.38. The second kappa shape index (κ2) is 5.83. The minimum atomic E-state index is 0.846. The van der Waals surface area contributed by atoms with Crippen molar-refractivity contribution < 1.29 is 0 Å². The highest BCUT2D eigenvalue weighted by Gasteiger charge is 2.06. The van der Waals surface area contributed by atoms with Gasteiger partial charge >= 0.3 is 0 Å². The van der Waals surface area contributed by atoms with Crippen molar-refractivity contribution in [2.75, 3.05) is 32.7 Å². The minimum Gasteiger partial charge on any atom is -0.314 e. The minimum absolute atomic E-state index is 0.846. The van der Waals surface area contributed by atoms with Gasteiger partial charge in [0.05, 0.1) is 12.1 Å². The fraction of sp³-hybridized carbons (Fsp3) is 0.312.